The minimum atomic E-state index is -0.764. The van der Waals surface area contributed by atoms with E-state index in [-0.39, 0.29) is 23.7 Å². The van der Waals surface area contributed by atoms with Crippen LogP contribution in [0.4, 0.5) is 0 Å². The van der Waals surface area contributed by atoms with Crippen molar-refractivity contribution in [1.82, 2.24) is 5.32 Å². The number of rotatable bonds is 5. The van der Waals surface area contributed by atoms with Gasteiger partial charge in [-0.1, -0.05) is 51.0 Å². The number of amides is 1. The summed E-state index contributed by atoms with van der Waals surface area (Å²) in [6.45, 7) is 6.27. The quantitative estimate of drug-likeness (QED) is 0.819. The van der Waals surface area contributed by atoms with E-state index in [4.69, 9.17) is 10.5 Å². The van der Waals surface area contributed by atoms with Crippen LogP contribution in [0.3, 0.4) is 0 Å². The van der Waals surface area contributed by atoms with Crippen LogP contribution in [-0.4, -0.2) is 31.2 Å². The van der Waals surface area contributed by atoms with E-state index >= 15 is 0 Å². The molecule has 146 valence electrons. The maximum atomic E-state index is 12.7. The van der Waals surface area contributed by atoms with Gasteiger partial charge in [-0.05, 0) is 42.7 Å². The van der Waals surface area contributed by atoms with E-state index in [9.17, 15) is 4.79 Å². The Morgan fingerprint density at radius 3 is 2.23 bits per heavy atom. The third-order valence-corrected chi connectivity index (χ3v) is 6.17. The van der Waals surface area contributed by atoms with E-state index in [1.165, 1.54) is 24.0 Å². The topological polar surface area (TPSA) is 64.4 Å². The van der Waals surface area contributed by atoms with Gasteiger partial charge in [0, 0.05) is 25.2 Å². The molecule has 2 aliphatic rings. The third-order valence-electron chi connectivity index (χ3n) is 6.17. The maximum absolute atomic E-state index is 12.7. The molecule has 1 aliphatic heterocycles. The molecule has 4 nitrogen and oxygen atoms in total. The highest BCUT2D eigenvalue weighted by Crippen LogP contribution is 2.41. The highest BCUT2D eigenvalue weighted by atomic mass is 35.5. The van der Waals surface area contributed by atoms with E-state index < -0.39 is 5.54 Å². The normalized spacial score (nSPS) is 21.2. The number of halogens is 1. The highest BCUT2D eigenvalue weighted by molar-refractivity contribution is 5.86. The van der Waals surface area contributed by atoms with Crippen LogP contribution in [-0.2, 0) is 14.9 Å². The van der Waals surface area contributed by atoms with Gasteiger partial charge in [-0.15, -0.1) is 12.4 Å². The molecule has 0 spiro atoms. The fraction of sp³-hybridized carbons (Fsp3) is 0.667. The monoisotopic (exact) mass is 380 g/mol. The standard InChI is InChI=1S/C21H32N2O2.ClH/c1-16(2)17-5-7-18(8-6-17)20(9-3-4-10-20)15-23-19(24)21(22)11-13-25-14-12-21;/h5-8,16H,3-4,9-15,22H2,1-2H3,(H,23,24);1H. The lowest BCUT2D eigenvalue weighted by Gasteiger charge is -2.35. The van der Waals surface area contributed by atoms with E-state index in [2.05, 4.69) is 43.4 Å². The van der Waals surface area contributed by atoms with Crippen molar-refractivity contribution in [2.75, 3.05) is 19.8 Å². The molecule has 1 aromatic rings. The maximum Gasteiger partial charge on any atom is 0.240 e. The van der Waals surface area contributed by atoms with Gasteiger partial charge in [0.1, 0.15) is 0 Å². The minimum absolute atomic E-state index is 0. The van der Waals surface area contributed by atoms with Crippen molar-refractivity contribution in [1.29, 1.82) is 0 Å². The molecule has 2 fully saturated rings. The molecule has 3 rings (SSSR count). The molecule has 0 unspecified atom stereocenters. The summed E-state index contributed by atoms with van der Waals surface area (Å²) in [5.41, 5.74) is 8.35. The lowest BCUT2D eigenvalue weighted by Crippen LogP contribution is -2.58. The van der Waals surface area contributed by atoms with E-state index in [1.807, 2.05) is 0 Å². The lowest BCUT2D eigenvalue weighted by atomic mass is 9.78. The van der Waals surface area contributed by atoms with Crippen molar-refractivity contribution in [3.8, 4) is 0 Å². The molecule has 1 amide bonds. The van der Waals surface area contributed by atoms with Crippen molar-refractivity contribution in [3.63, 3.8) is 0 Å². The molecule has 0 atom stereocenters. The number of hydrogen-bond acceptors (Lipinski definition) is 3. The summed E-state index contributed by atoms with van der Waals surface area (Å²) in [6.07, 6.45) is 5.93. The van der Waals surface area contributed by atoms with Crippen LogP contribution in [0.25, 0.3) is 0 Å². The van der Waals surface area contributed by atoms with E-state index in [0.29, 0.717) is 38.5 Å². The number of carbonyl (C=O) groups is 1. The number of carbonyl (C=O) groups excluding carboxylic acids is 1. The Morgan fingerprint density at radius 1 is 1.12 bits per heavy atom. The van der Waals surface area contributed by atoms with Gasteiger partial charge in [0.25, 0.3) is 0 Å². The summed E-state index contributed by atoms with van der Waals surface area (Å²) in [5, 5.41) is 3.19. The van der Waals surface area contributed by atoms with Gasteiger partial charge in [-0.3, -0.25) is 4.79 Å². The molecule has 0 radical (unpaired) electrons. The first kappa shape index (κ1) is 21.2. The average Bonchev–Trinajstić information content (AvgIpc) is 3.10. The van der Waals surface area contributed by atoms with Gasteiger partial charge in [0.2, 0.25) is 5.91 Å². The molecule has 1 saturated heterocycles. The number of benzene rings is 1. The summed E-state index contributed by atoms with van der Waals surface area (Å²) in [7, 11) is 0. The van der Waals surface area contributed by atoms with Crippen LogP contribution in [0.5, 0.6) is 0 Å². The molecule has 0 bridgehead atoms. The fourth-order valence-corrected chi connectivity index (χ4v) is 4.23. The van der Waals surface area contributed by atoms with Gasteiger partial charge < -0.3 is 15.8 Å². The summed E-state index contributed by atoms with van der Waals surface area (Å²) in [5.74, 6) is 0.528. The first-order chi connectivity index (χ1) is 12.0. The summed E-state index contributed by atoms with van der Waals surface area (Å²) in [4.78, 5) is 12.7. The Kier molecular flexibility index (Phi) is 7.12. The molecule has 3 N–H and O–H groups in total. The van der Waals surface area contributed by atoms with Crippen molar-refractivity contribution in [2.45, 2.75) is 69.2 Å². The first-order valence-corrected chi connectivity index (χ1v) is 9.71. The lowest BCUT2D eigenvalue weighted by molar-refractivity contribution is -0.130. The van der Waals surface area contributed by atoms with Crippen LogP contribution in [0.1, 0.15) is 69.4 Å². The Morgan fingerprint density at radius 2 is 1.69 bits per heavy atom. The average molecular weight is 381 g/mol. The zero-order valence-corrected chi connectivity index (χ0v) is 16.9. The van der Waals surface area contributed by atoms with Gasteiger partial charge in [0.15, 0.2) is 0 Å². The number of nitrogens with one attached hydrogen (secondary N) is 1. The number of ether oxygens (including phenoxy) is 1. The van der Waals surface area contributed by atoms with Crippen LogP contribution < -0.4 is 11.1 Å². The van der Waals surface area contributed by atoms with E-state index in [1.54, 1.807) is 0 Å². The van der Waals surface area contributed by atoms with Crippen molar-refractivity contribution in [3.05, 3.63) is 35.4 Å². The largest absolute Gasteiger partial charge is 0.381 e. The zero-order valence-electron chi connectivity index (χ0n) is 16.1. The minimum Gasteiger partial charge on any atom is -0.381 e. The zero-order chi connectivity index (χ0) is 17.9. The Bertz CT molecular complexity index is 589. The van der Waals surface area contributed by atoms with E-state index in [0.717, 1.165) is 12.8 Å². The second-order valence-electron chi connectivity index (χ2n) is 8.22. The Labute approximate surface area is 163 Å². The van der Waals surface area contributed by atoms with Gasteiger partial charge in [0.05, 0.1) is 5.54 Å². The highest BCUT2D eigenvalue weighted by Gasteiger charge is 2.40. The molecule has 1 aliphatic carbocycles. The molecule has 5 heteroatoms. The second kappa shape index (κ2) is 8.73. The second-order valence-corrected chi connectivity index (χ2v) is 8.22. The molecular formula is C21H33ClN2O2. The predicted molar refractivity (Wildman–Crippen MR) is 108 cm³/mol. The summed E-state index contributed by atoms with van der Waals surface area (Å²) < 4.78 is 5.35. The first-order valence-electron chi connectivity index (χ1n) is 9.71. The van der Waals surface area contributed by atoms with Crippen LogP contribution >= 0.6 is 12.4 Å². The van der Waals surface area contributed by atoms with Crippen LogP contribution in [0, 0.1) is 0 Å². The number of nitrogens with two attached hydrogens (primary N) is 1. The summed E-state index contributed by atoms with van der Waals surface area (Å²) >= 11 is 0. The van der Waals surface area contributed by atoms with Crippen LogP contribution in [0.2, 0.25) is 0 Å². The van der Waals surface area contributed by atoms with Crippen molar-refractivity contribution >= 4 is 18.3 Å². The molecule has 1 heterocycles. The molecule has 1 saturated carbocycles. The Hall–Kier alpha value is -1.10. The number of hydrogen-bond donors (Lipinski definition) is 2. The predicted octanol–water partition coefficient (Wildman–Crippen LogP) is 3.67. The molecular weight excluding hydrogens is 348 g/mol. The summed E-state index contributed by atoms with van der Waals surface area (Å²) in [6, 6.07) is 9.01. The fourth-order valence-electron chi connectivity index (χ4n) is 4.23. The van der Waals surface area contributed by atoms with Crippen molar-refractivity contribution in [2.24, 2.45) is 5.73 Å². The van der Waals surface area contributed by atoms with Gasteiger partial charge in [-0.25, -0.2) is 0 Å². The molecule has 26 heavy (non-hydrogen) atoms. The SMILES string of the molecule is CC(C)c1ccc(C2(CNC(=O)C3(N)CCOCC3)CCCC2)cc1.Cl. The van der Waals surface area contributed by atoms with Crippen molar-refractivity contribution < 1.29 is 9.53 Å². The Balaban J connectivity index is 0.00000243. The molecule has 0 aromatic heterocycles. The van der Waals surface area contributed by atoms with Gasteiger partial charge >= 0.3 is 0 Å². The van der Waals surface area contributed by atoms with Gasteiger partial charge in [-0.2, -0.15) is 0 Å². The third kappa shape index (κ3) is 4.41. The molecule has 1 aromatic carbocycles. The van der Waals surface area contributed by atoms with Crippen LogP contribution in [0.15, 0.2) is 24.3 Å². The smallest absolute Gasteiger partial charge is 0.240 e.